The highest BCUT2D eigenvalue weighted by Gasteiger charge is 2.29. The quantitative estimate of drug-likeness (QED) is 0.653. The summed E-state index contributed by atoms with van der Waals surface area (Å²) in [6.07, 6.45) is 2.67. The van der Waals surface area contributed by atoms with Gasteiger partial charge >= 0.3 is 0 Å². The van der Waals surface area contributed by atoms with Gasteiger partial charge in [0, 0.05) is 19.1 Å². The van der Waals surface area contributed by atoms with Gasteiger partial charge in [0.1, 0.15) is 0 Å². The minimum atomic E-state index is -3.38. The van der Waals surface area contributed by atoms with Crippen LogP contribution in [0, 0.1) is 0 Å². The zero-order valence-electron chi connectivity index (χ0n) is 15.2. The largest absolute Gasteiger partial charge is 0.296 e. The lowest BCUT2D eigenvalue weighted by atomic mass is 10.1. The summed E-state index contributed by atoms with van der Waals surface area (Å²) in [6, 6.07) is 14.2. The number of piperidine rings is 1. The van der Waals surface area contributed by atoms with Crippen LogP contribution in [0.25, 0.3) is 10.9 Å². The van der Waals surface area contributed by atoms with Crippen molar-refractivity contribution in [1.82, 2.24) is 13.9 Å². The number of rotatable bonds is 4. The van der Waals surface area contributed by atoms with Crippen LogP contribution >= 0.6 is 11.6 Å². The summed E-state index contributed by atoms with van der Waals surface area (Å²) in [5.74, 6) is -0.00547. The van der Waals surface area contributed by atoms with Crippen molar-refractivity contribution < 1.29 is 8.42 Å². The van der Waals surface area contributed by atoms with E-state index in [4.69, 9.17) is 11.6 Å². The van der Waals surface area contributed by atoms with Gasteiger partial charge in [-0.1, -0.05) is 48.0 Å². The molecule has 1 fully saturated rings. The van der Waals surface area contributed by atoms with E-state index in [0.29, 0.717) is 41.9 Å². The number of hydrogen-bond acceptors (Lipinski definition) is 4. The lowest BCUT2D eigenvalue weighted by Crippen LogP contribution is -2.41. The second-order valence-corrected chi connectivity index (χ2v) is 9.34. The molecule has 6 nitrogen and oxygen atoms in total. The van der Waals surface area contributed by atoms with Crippen LogP contribution < -0.4 is 5.56 Å². The molecule has 146 valence electrons. The summed E-state index contributed by atoms with van der Waals surface area (Å²) in [7, 11) is -3.38. The molecule has 2 heterocycles. The van der Waals surface area contributed by atoms with Crippen LogP contribution in [0.2, 0.25) is 5.02 Å². The summed E-state index contributed by atoms with van der Waals surface area (Å²) in [5.41, 5.74) is 1.13. The van der Waals surface area contributed by atoms with E-state index in [-0.39, 0.29) is 17.4 Å². The Hall–Kier alpha value is -2.22. The normalized spacial score (nSPS) is 16.5. The highest BCUT2D eigenvalue weighted by molar-refractivity contribution is 7.88. The van der Waals surface area contributed by atoms with Crippen molar-refractivity contribution in [1.29, 1.82) is 0 Å². The minimum Gasteiger partial charge on any atom is -0.296 e. The van der Waals surface area contributed by atoms with Gasteiger partial charge in [-0.15, -0.1) is 0 Å². The van der Waals surface area contributed by atoms with Gasteiger partial charge in [-0.25, -0.2) is 17.7 Å². The zero-order valence-corrected chi connectivity index (χ0v) is 16.7. The molecule has 2 aromatic carbocycles. The van der Waals surface area contributed by atoms with E-state index in [0.717, 1.165) is 5.56 Å². The fraction of sp³-hybridized carbons (Fsp3) is 0.300. The number of fused-ring (bicyclic) bond motifs is 1. The molecule has 0 amide bonds. The lowest BCUT2D eigenvalue weighted by Gasteiger charge is -2.32. The number of aromatic nitrogens is 2. The first-order valence-electron chi connectivity index (χ1n) is 9.13. The Bertz CT molecular complexity index is 1150. The third-order valence-corrected chi connectivity index (χ3v) is 7.32. The van der Waals surface area contributed by atoms with Crippen LogP contribution in [0.3, 0.4) is 0 Å². The first-order chi connectivity index (χ1) is 13.5. The molecular formula is C20H20ClN3O3S. The SMILES string of the molecule is O=c1c2cccc(Cl)c2ncn1C1CCN(S(=O)(=O)Cc2ccccc2)CC1. The van der Waals surface area contributed by atoms with E-state index in [1.165, 1.54) is 10.6 Å². The molecule has 0 spiro atoms. The Morgan fingerprint density at radius 2 is 1.75 bits per heavy atom. The Morgan fingerprint density at radius 1 is 1.04 bits per heavy atom. The molecule has 1 aliphatic rings. The Kier molecular flexibility index (Phi) is 5.23. The maximum absolute atomic E-state index is 12.8. The maximum Gasteiger partial charge on any atom is 0.261 e. The van der Waals surface area contributed by atoms with E-state index in [1.807, 2.05) is 30.3 Å². The molecule has 0 saturated carbocycles. The highest BCUT2D eigenvalue weighted by Crippen LogP contribution is 2.25. The summed E-state index contributed by atoms with van der Waals surface area (Å²) in [6.45, 7) is 0.777. The van der Waals surface area contributed by atoms with Crippen molar-refractivity contribution in [2.75, 3.05) is 13.1 Å². The van der Waals surface area contributed by atoms with Crippen molar-refractivity contribution in [2.24, 2.45) is 0 Å². The van der Waals surface area contributed by atoms with Gasteiger partial charge in [-0.05, 0) is 30.5 Å². The van der Waals surface area contributed by atoms with Gasteiger partial charge in [0.2, 0.25) is 10.0 Å². The monoisotopic (exact) mass is 417 g/mol. The van der Waals surface area contributed by atoms with E-state index >= 15 is 0 Å². The third-order valence-electron chi connectivity index (χ3n) is 5.17. The Labute approximate surface area is 168 Å². The third kappa shape index (κ3) is 3.70. The standard InChI is InChI=1S/C20H20ClN3O3S/c21-18-8-4-7-17-19(18)22-14-24(20(17)25)16-9-11-23(12-10-16)28(26,27)13-15-5-2-1-3-6-15/h1-8,14,16H,9-13H2. The van der Waals surface area contributed by atoms with E-state index in [2.05, 4.69) is 4.98 Å². The molecule has 0 radical (unpaired) electrons. The second kappa shape index (κ2) is 7.66. The molecule has 0 N–H and O–H groups in total. The summed E-state index contributed by atoms with van der Waals surface area (Å²) in [5, 5.41) is 0.928. The molecule has 4 rings (SSSR count). The molecule has 1 saturated heterocycles. The fourth-order valence-corrected chi connectivity index (χ4v) is 5.45. The van der Waals surface area contributed by atoms with Gasteiger partial charge < -0.3 is 0 Å². The number of sulfonamides is 1. The average Bonchev–Trinajstić information content (AvgIpc) is 2.70. The zero-order chi connectivity index (χ0) is 19.7. The van der Waals surface area contributed by atoms with Crippen LogP contribution in [0.5, 0.6) is 0 Å². The molecule has 0 aliphatic carbocycles. The van der Waals surface area contributed by atoms with Crippen LogP contribution in [0.1, 0.15) is 24.4 Å². The topological polar surface area (TPSA) is 72.3 Å². The second-order valence-electron chi connectivity index (χ2n) is 6.97. The van der Waals surface area contributed by atoms with Gasteiger partial charge in [-0.2, -0.15) is 0 Å². The highest BCUT2D eigenvalue weighted by atomic mass is 35.5. The number of benzene rings is 2. The first kappa shape index (κ1) is 19.1. The molecule has 3 aromatic rings. The van der Waals surface area contributed by atoms with Crippen molar-refractivity contribution in [2.45, 2.75) is 24.6 Å². The maximum atomic E-state index is 12.8. The lowest BCUT2D eigenvalue weighted by molar-refractivity contribution is 0.269. The molecule has 8 heteroatoms. The van der Waals surface area contributed by atoms with Crippen LogP contribution in [-0.2, 0) is 15.8 Å². The molecule has 0 bridgehead atoms. The van der Waals surface area contributed by atoms with Gasteiger partial charge in [0.25, 0.3) is 5.56 Å². The van der Waals surface area contributed by atoms with Gasteiger partial charge in [-0.3, -0.25) is 9.36 Å². The molecule has 0 unspecified atom stereocenters. The molecule has 1 aliphatic heterocycles. The van der Waals surface area contributed by atoms with Gasteiger partial charge in [0.15, 0.2) is 0 Å². The van der Waals surface area contributed by atoms with E-state index in [1.54, 1.807) is 22.8 Å². The molecule has 0 atom stereocenters. The number of hydrogen-bond donors (Lipinski definition) is 0. The number of nitrogens with zero attached hydrogens (tertiary/aromatic N) is 3. The smallest absolute Gasteiger partial charge is 0.261 e. The van der Waals surface area contributed by atoms with E-state index in [9.17, 15) is 13.2 Å². The summed E-state index contributed by atoms with van der Waals surface area (Å²) in [4.78, 5) is 17.2. The number of halogens is 1. The molecular weight excluding hydrogens is 398 g/mol. The Balaban J connectivity index is 1.51. The van der Waals surface area contributed by atoms with Gasteiger partial charge in [0.05, 0.1) is 28.0 Å². The van der Waals surface area contributed by atoms with Crippen molar-refractivity contribution in [3.05, 3.63) is 75.8 Å². The van der Waals surface area contributed by atoms with Crippen LogP contribution in [-0.4, -0.2) is 35.4 Å². The van der Waals surface area contributed by atoms with Crippen molar-refractivity contribution >= 4 is 32.5 Å². The molecule has 28 heavy (non-hydrogen) atoms. The first-order valence-corrected chi connectivity index (χ1v) is 11.1. The summed E-state index contributed by atoms with van der Waals surface area (Å²) >= 11 is 6.12. The Morgan fingerprint density at radius 3 is 2.46 bits per heavy atom. The molecule has 1 aromatic heterocycles. The van der Waals surface area contributed by atoms with Crippen molar-refractivity contribution in [3.63, 3.8) is 0 Å². The number of para-hydroxylation sites is 1. The summed E-state index contributed by atoms with van der Waals surface area (Å²) < 4.78 is 28.5. The van der Waals surface area contributed by atoms with E-state index < -0.39 is 10.0 Å². The van der Waals surface area contributed by atoms with Crippen molar-refractivity contribution in [3.8, 4) is 0 Å². The predicted molar refractivity (Wildman–Crippen MR) is 110 cm³/mol. The van der Waals surface area contributed by atoms with Crippen LogP contribution in [0.4, 0.5) is 0 Å². The minimum absolute atomic E-state index is 0.00547. The fourth-order valence-electron chi connectivity index (χ4n) is 3.67. The average molecular weight is 418 g/mol. The van der Waals surface area contributed by atoms with Crippen LogP contribution in [0.15, 0.2) is 59.7 Å². The predicted octanol–water partition coefficient (Wildman–Crippen LogP) is 3.22.